The number of nitrogens with zero attached hydrogens (tertiary/aromatic N) is 1. The lowest BCUT2D eigenvalue weighted by molar-refractivity contribution is 0.102. The fourth-order valence-corrected chi connectivity index (χ4v) is 4.46. The number of carbonyl (C=O) groups excluding carboxylic acids is 1. The molecule has 0 radical (unpaired) electrons. The molecule has 0 aliphatic heterocycles. The molecule has 0 spiro atoms. The quantitative estimate of drug-likeness (QED) is 0.555. The van der Waals surface area contributed by atoms with Crippen molar-refractivity contribution in [2.24, 2.45) is 0 Å². The van der Waals surface area contributed by atoms with Crippen molar-refractivity contribution in [3.63, 3.8) is 0 Å². The molecule has 10 heteroatoms. The molecular weight excluding hydrogens is 454 g/mol. The molecule has 0 aliphatic carbocycles. The first-order chi connectivity index (χ1) is 12.6. The van der Waals surface area contributed by atoms with E-state index in [1.807, 2.05) is 0 Å². The number of benzene rings is 2. The van der Waals surface area contributed by atoms with E-state index in [1.165, 1.54) is 12.3 Å². The number of carbonyl (C=O) groups is 1. The van der Waals surface area contributed by atoms with Crippen LogP contribution >= 0.6 is 46.4 Å². The molecule has 140 valence electrons. The zero-order valence-electron chi connectivity index (χ0n) is 13.6. The van der Waals surface area contributed by atoms with Crippen LogP contribution in [0.1, 0.15) is 10.4 Å². The molecule has 0 aliphatic rings. The summed E-state index contributed by atoms with van der Waals surface area (Å²) >= 11 is 24.6. The second-order valence-electron chi connectivity index (χ2n) is 5.60. The molecule has 1 N–H and O–H groups in total. The van der Waals surface area contributed by atoms with Gasteiger partial charge in [0.05, 0.1) is 41.8 Å². The van der Waals surface area contributed by atoms with E-state index in [2.05, 4.69) is 10.3 Å². The van der Waals surface area contributed by atoms with Gasteiger partial charge >= 0.3 is 0 Å². The van der Waals surface area contributed by atoms with Gasteiger partial charge in [0.25, 0.3) is 5.91 Å². The van der Waals surface area contributed by atoms with Crippen molar-refractivity contribution >= 4 is 78.7 Å². The van der Waals surface area contributed by atoms with Crippen LogP contribution in [-0.2, 0) is 9.84 Å². The first-order valence-corrected chi connectivity index (χ1v) is 10.7. The number of hydrogen-bond donors (Lipinski definition) is 1. The average Bonchev–Trinajstić information content (AvgIpc) is 2.57. The van der Waals surface area contributed by atoms with E-state index < -0.39 is 15.7 Å². The summed E-state index contributed by atoms with van der Waals surface area (Å²) in [5.41, 5.74) is 0.546. The van der Waals surface area contributed by atoms with Crippen molar-refractivity contribution < 1.29 is 13.2 Å². The number of rotatable bonds is 3. The molecule has 5 nitrogen and oxygen atoms in total. The van der Waals surface area contributed by atoms with Crippen LogP contribution < -0.4 is 5.32 Å². The second-order valence-corrected chi connectivity index (χ2v) is 9.25. The van der Waals surface area contributed by atoms with Gasteiger partial charge in [0.2, 0.25) is 0 Å². The van der Waals surface area contributed by atoms with Crippen molar-refractivity contribution in [2.75, 3.05) is 11.6 Å². The molecule has 0 bridgehead atoms. The summed E-state index contributed by atoms with van der Waals surface area (Å²) in [6.45, 7) is 0. The van der Waals surface area contributed by atoms with Gasteiger partial charge in [-0.1, -0.05) is 46.4 Å². The minimum Gasteiger partial charge on any atom is -0.319 e. The molecule has 1 aromatic heterocycles. The van der Waals surface area contributed by atoms with E-state index in [4.69, 9.17) is 46.4 Å². The van der Waals surface area contributed by atoms with Crippen LogP contribution in [-0.4, -0.2) is 25.6 Å². The highest BCUT2D eigenvalue weighted by molar-refractivity contribution is 7.90. The smallest absolute Gasteiger partial charge is 0.258 e. The van der Waals surface area contributed by atoms with Gasteiger partial charge in [0, 0.05) is 17.8 Å². The van der Waals surface area contributed by atoms with Gasteiger partial charge in [-0.25, -0.2) is 8.42 Å². The summed E-state index contributed by atoms with van der Waals surface area (Å²) < 4.78 is 23.4. The molecule has 0 atom stereocenters. The maximum atomic E-state index is 12.7. The van der Waals surface area contributed by atoms with Gasteiger partial charge in [0.15, 0.2) is 9.84 Å². The lowest BCUT2D eigenvalue weighted by Crippen LogP contribution is -2.15. The number of halogens is 4. The highest BCUT2D eigenvalue weighted by atomic mass is 35.5. The first kappa shape index (κ1) is 20.2. The lowest BCUT2D eigenvalue weighted by Gasteiger charge is -2.13. The van der Waals surface area contributed by atoms with E-state index in [-0.39, 0.29) is 31.2 Å². The number of fused-ring (bicyclic) bond motifs is 1. The summed E-state index contributed by atoms with van der Waals surface area (Å²) in [6.07, 6.45) is 2.55. The van der Waals surface area contributed by atoms with Crippen LogP contribution in [0.5, 0.6) is 0 Å². The molecule has 0 fully saturated rings. The Balaban J connectivity index is 2.09. The highest BCUT2D eigenvalue weighted by Crippen LogP contribution is 2.36. The van der Waals surface area contributed by atoms with Crippen molar-refractivity contribution in [1.82, 2.24) is 4.98 Å². The minimum absolute atomic E-state index is 0.0826. The van der Waals surface area contributed by atoms with Crippen LogP contribution in [0.4, 0.5) is 5.69 Å². The molecule has 1 heterocycles. The number of nitrogens with one attached hydrogen (secondary N) is 1. The normalized spacial score (nSPS) is 11.6. The van der Waals surface area contributed by atoms with Gasteiger partial charge in [-0.15, -0.1) is 0 Å². The van der Waals surface area contributed by atoms with Crippen LogP contribution in [0.3, 0.4) is 0 Å². The second kappa shape index (κ2) is 7.45. The standard InChI is InChI=1S/C17H10Cl4N2O3S/c1-27(25,26)8-5-11(19)14(12(20)6-8)17(24)23-16-13(21)7-10(18)9-3-2-4-22-15(9)16/h2-7H,1H3,(H,23,24). The molecule has 0 unspecified atom stereocenters. The lowest BCUT2D eigenvalue weighted by atomic mass is 10.1. The zero-order chi connectivity index (χ0) is 19.9. The fraction of sp³-hybridized carbons (Fsp3) is 0.0588. The predicted molar refractivity (Wildman–Crippen MR) is 109 cm³/mol. The maximum Gasteiger partial charge on any atom is 0.258 e. The van der Waals surface area contributed by atoms with E-state index in [1.54, 1.807) is 12.1 Å². The number of aromatic nitrogens is 1. The van der Waals surface area contributed by atoms with E-state index >= 15 is 0 Å². The van der Waals surface area contributed by atoms with Crippen LogP contribution in [0, 0.1) is 0 Å². The SMILES string of the molecule is CS(=O)(=O)c1cc(Cl)c(C(=O)Nc2c(Cl)cc(Cl)c3cccnc23)c(Cl)c1. The van der Waals surface area contributed by atoms with Crippen molar-refractivity contribution in [3.05, 3.63) is 62.2 Å². The molecule has 0 saturated heterocycles. The Hall–Kier alpha value is -1.57. The Kier molecular flexibility index (Phi) is 5.57. The van der Waals surface area contributed by atoms with Gasteiger partial charge in [0.1, 0.15) is 0 Å². The topological polar surface area (TPSA) is 76.1 Å². The Bertz CT molecular complexity index is 1170. The van der Waals surface area contributed by atoms with Crippen LogP contribution in [0.15, 0.2) is 41.4 Å². The zero-order valence-corrected chi connectivity index (χ0v) is 17.4. The number of anilines is 1. The average molecular weight is 464 g/mol. The van der Waals surface area contributed by atoms with Crippen molar-refractivity contribution in [3.8, 4) is 0 Å². The van der Waals surface area contributed by atoms with Gasteiger partial charge in [-0.3, -0.25) is 9.78 Å². The van der Waals surface area contributed by atoms with E-state index in [9.17, 15) is 13.2 Å². The Morgan fingerprint density at radius 3 is 2.22 bits per heavy atom. The third-order valence-electron chi connectivity index (χ3n) is 3.70. The molecule has 27 heavy (non-hydrogen) atoms. The van der Waals surface area contributed by atoms with Gasteiger partial charge in [-0.2, -0.15) is 0 Å². The third kappa shape index (κ3) is 4.00. The fourth-order valence-electron chi connectivity index (χ4n) is 2.45. The maximum absolute atomic E-state index is 12.7. The Labute approximate surface area is 175 Å². The van der Waals surface area contributed by atoms with Crippen LogP contribution in [0.2, 0.25) is 20.1 Å². The highest BCUT2D eigenvalue weighted by Gasteiger charge is 2.21. The molecule has 3 rings (SSSR count). The summed E-state index contributed by atoms with van der Waals surface area (Å²) in [5.74, 6) is -0.666. The van der Waals surface area contributed by atoms with Crippen molar-refractivity contribution in [1.29, 1.82) is 0 Å². The van der Waals surface area contributed by atoms with E-state index in [0.717, 1.165) is 18.4 Å². The largest absolute Gasteiger partial charge is 0.319 e. The Morgan fingerprint density at radius 1 is 1.00 bits per heavy atom. The summed E-state index contributed by atoms with van der Waals surface area (Å²) in [6, 6.07) is 7.25. The minimum atomic E-state index is -3.54. The summed E-state index contributed by atoms with van der Waals surface area (Å²) in [4.78, 5) is 16.9. The number of hydrogen-bond acceptors (Lipinski definition) is 4. The third-order valence-corrected chi connectivity index (χ3v) is 6.00. The Morgan fingerprint density at radius 2 is 1.63 bits per heavy atom. The van der Waals surface area contributed by atoms with Crippen molar-refractivity contribution in [2.45, 2.75) is 4.90 Å². The van der Waals surface area contributed by atoms with Gasteiger partial charge < -0.3 is 5.32 Å². The number of pyridine rings is 1. The van der Waals surface area contributed by atoms with Crippen LogP contribution in [0.25, 0.3) is 10.9 Å². The number of sulfone groups is 1. The monoisotopic (exact) mass is 462 g/mol. The van der Waals surface area contributed by atoms with Gasteiger partial charge in [-0.05, 0) is 30.3 Å². The summed E-state index contributed by atoms with van der Waals surface area (Å²) in [7, 11) is -3.54. The number of amides is 1. The molecule has 1 amide bonds. The summed E-state index contributed by atoms with van der Waals surface area (Å²) in [5, 5.41) is 3.57. The first-order valence-electron chi connectivity index (χ1n) is 7.32. The molecule has 0 saturated carbocycles. The predicted octanol–water partition coefficient (Wildman–Crippen LogP) is 5.50. The van der Waals surface area contributed by atoms with E-state index in [0.29, 0.717) is 15.9 Å². The molecule has 3 aromatic rings. The molecular formula is C17H10Cl4N2O3S. The molecule has 2 aromatic carbocycles.